The van der Waals surface area contributed by atoms with Crippen molar-refractivity contribution in [2.24, 2.45) is 0 Å². The van der Waals surface area contributed by atoms with Crippen molar-refractivity contribution in [1.82, 2.24) is 0 Å². The monoisotopic (exact) mass is 102 g/mol. The Morgan fingerprint density at radius 3 is 2.00 bits per heavy atom. The SMILES string of the molecule is O=CSO.[NaH]. The normalized spacial score (nSPS) is 5.00. The molecule has 0 spiro atoms. The van der Waals surface area contributed by atoms with Crippen molar-refractivity contribution in [3.05, 3.63) is 0 Å². The van der Waals surface area contributed by atoms with Crippen LogP contribution in [-0.4, -0.2) is 39.7 Å². The summed E-state index contributed by atoms with van der Waals surface area (Å²) in [4.78, 5) is 8.89. The Labute approximate surface area is 56.4 Å². The summed E-state index contributed by atoms with van der Waals surface area (Å²) in [5.74, 6) is 0. The third-order valence-corrected chi connectivity index (χ3v) is 0.129. The van der Waals surface area contributed by atoms with Gasteiger partial charge >= 0.3 is 29.6 Å². The van der Waals surface area contributed by atoms with E-state index in [0.29, 0.717) is 5.62 Å². The molecule has 1 N–H and O–H groups in total. The van der Waals surface area contributed by atoms with E-state index in [4.69, 9.17) is 9.35 Å². The van der Waals surface area contributed by atoms with Crippen LogP contribution >= 0.6 is 12.0 Å². The first-order valence-corrected chi connectivity index (χ1v) is 1.49. The zero-order valence-electron chi connectivity index (χ0n) is 1.84. The Kier molecular flexibility index (Phi) is 16.6. The molecule has 0 aliphatic carbocycles. The van der Waals surface area contributed by atoms with E-state index in [9.17, 15) is 0 Å². The van der Waals surface area contributed by atoms with Crippen LogP contribution in [0, 0.1) is 0 Å². The summed E-state index contributed by atoms with van der Waals surface area (Å²) in [6.07, 6.45) is 0. The van der Waals surface area contributed by atoms with Gasteiger partial charge in [0.15, 0.2) is 0 Å². The van der Waals surface area contributed by atoms with Crippen LogP contribution in [0.5, 0.6) is 0 Å². The van der Waals surface area contributed by atoms with Gasteiger partial charge in [0, 0.05) is 0 Å². The zero-order chi connectivity index (χ0) is 3.41. The number of carbonyl (C=O) groups excluding carboxylic acids is 1. The van der Waals surface area contributed by atoms with Gasteiger partial charge in [-0.3, -0.25) is 4.79 Å². The quantitative estimate of drug-likeness (QED) is 0.281. The molecule has 0 aromatic heterocycles. The molecule has 0 saturated carbocycles. The molecule has 0 aromatic carbocycles. The molecular formula is CH3NaO2S. The number of carbonyl (C=O) groups is 1. The second kappa shape index (κ2) is 8.88. The molecule has 0 heterocycles. The maximum atomic E-state index is 8.89. The molecule has 0 atom stereocenters. The van der Waals surface area contributed by atoms with E-state index in [2.05, 4.69) is 0 Å². The molecule has 0 aliphatic rings. The van der Waals surface area contributed by atoms with Crippen LogP contribution in [0.3, 0.4) is 0 Å². The van der Waals surface area contributed by atoms with E-state index in [1.807, 2.05) is 0 Å². The molecule has 0 radical (unpaired) electrons. The van der Waals surface area contributed by atoms with Crippen molar-refractivity contribution in [1.29, 1.82) is 0 Å². The van der Waals surface area contributed by atoms with Crippen LogP contribution in [-0.2, 0) is 4.79 Å². The van der Waals surface area contributed by atoms with Gasteiger partial charge in [-0.1, -0.05) is 0 Å². The molecule has 0 aromatic rings. The van der Waals surface area contributed by atoms with Crippen LogP contribution in [0.2, 0.25) is 0 Å². The third-order valence-electron chi connectivity index (χ3n) is 0.0430. The van der Waals surface area contributed by atoms with E-state index in [0.717, 1.165) is 0 Å². The van der Waals surface area contributed by atoms with Gasteiger partial charge in [-0.15, -0.1) is 0 Å². The summed E-state index contributed by atoms with van der Waals surface area (Å²) in [6, 6.07) is 0. The van der Waals surface area contributed by atoms with Crippen molar-refractivity contribution in [3.8, 4) is 0 Å². The van der Waals surface area contributed by atoms with Crippen molar-refractivity contribution in [2.75, 3.05) is 0 Å². The summed E-state index contributed by atoms with van der Waals surface area (Å²) in [5.41, 5.74) is 0.347. The topological polar surface area (TPSA) is 37.3 Å². The predicted molar refractivity (Wildman–Crippen MR) is 24.1 cm³/mol. The summed E-state index contributed by atoms with van der Waals surface area (Å²) < 4.78 is 7.42. The molecule has 0 fully saturated rings. The van der Waals surface area contributed by atoms with Gasteiger partial charge in [-0.2, -0.15) is 0 Å². The summed E-state index contributed by atoms with van der Waals surface area (Å²) in [5, 5.41) is 0. The standard InChI is InChI=1S/CH2O2S.Na.H/c2-1-4-3;;/h1,3H;;. The molecule has 4 heteroatoms. The van der Waals surface area contributed by atoms with Gasteiger partial charge in [-0.25, -0.2) is 0 Å². The Morgan fingerprint density at radius 2 is 2.00 bits per heavy atom. The fraction of sp³-hybridized carbons (Fsp3) is 0. The van der Waals surface area contributed by atoms with Crippen LogP contribution < -0.4 is 0 Å². The second-order valence-corrected chi connectivity index (χ2v) is 0.605. The number of hydrogen-bond donors (Lipinski definition) is 1. The molecule has 0 rings (SSSR count). The Balaban J connectivity index is 0. The third kappa shape index (κ3) is 11.3. The summed E-state index contributed by atoms with van der Waals surface area (Å²) in [6.45, 7) is 0. The van der Waals surface area contributed by atoms with Crippen molar-refractivity contribution >= 4 is 47.2 Å². The van der Waals surface area contributed by atoms with E-state index in [1.165, 1.54) is 0 Å². The van der Waals surface area contributed by atoms with Crippen molar-refractivity contribution in [2.45, 2.75) is 0 Å². The van der Waals surface area contributed by atoms with Gasteiger partial charge in [0.05, 0.1) is 12.0 Å². The molecule has 0 unspecified atom stereocenters. The second-order valence-electron chi connectivity index (χ2n) is 0.202. The first kappa shape index (κ1) is 9.36. The van der Waals surface area contributed by atoms with Crippen molar-refractivity contribution < 1.29 is 9.35 Å². The number of hydrogen-bond acceptors (Lipinski definition) is 3. The van der Waals surface area contributed by atoms with E-state index < -0.39 is 0 Å². The van der Waals surface area contributed by atoms with Gasteiger partial charge < -0.3 is 4.55 Å². The van der Waals surface area contributed by atoms with Gasteiger partial charge in [0.1, 0.15) is 0 Å². The van der Waals surface area contributed by atoms with Crippen LogP contribution in [0.25, 0.3) is 0 Å². The van der Waals surface area contributed by atoms with E-state index in [1.54, 1.807) is 0 Å². The molecule has 0 bridgehead atoms. The average Bonchev–Trinajstić information content (AvgIpc) is 1.37. The average molecular weight is 102 g/mol. The van der Waals surface area contributed by atoms with Gasteiger partial charge in [0.2, 0.25) is 5.62 Å². The van der Waals surface area contributed by atoms with E-state index in [-0.39, 0.29) is 41.6 Å². The zero-order valence-corrected chi connectivity index (χ0v) is 2.66. The number of rotatable bonds is 1. The molecule has 0 saturated heterocycles. The fourth-order valence-electron chi connectivity index (χ4n) is 0. The molecule has 26 valence electrons. The Hall–Kier alpha value is 0.980. The molecular weight excluding hydrogens is 99.1 g/mol. The van der Waals surface area contributed by atoms with Gasteiger partial charge in [-0.05, 0) is 0 Å². The maximum absolute atomic E-state index is 8.89. The summed E-state index contributed by atoms with van der Waals surface area (Å²) in [7, 11) is 0. The van der Waals surface area contributed by atoms with Crippen LogP contribution in [0.1, 0.15) is 0 Å². The van der Waals surface area contributed by atoms with E-state index >= 15 is 0 Å². The summed E-state index contributed by atoms with van der Waals surface area (Å²) >= 11 is 0.176. The molecule has 0 aliphatic heterocycles. The minimum atomic E-state index is 0. The Bertz CT molecular complexity index is 23.6. The van der Waals surface area contributed by atoms with Crippen molar-refractivity contribution in [3.63, 3.8) is 0 Å². The fourth-order valence-corrected chi connectivity index (χ4v) is 0. The molecule has 5 heavy (non-hydrogen) atoms. The minimum absolute atomic E-state index is 0. The molecule has 2 nitrogen and oxygen atoms in total. The molecule has 0 amide bonds. The van der Waals surface area contributed by atoms with Gasteiger partial charge in [0.25, 0.3) is 0 Å². The predicted octanol–water partition coefficient (Wildman–Crippen LogP) is -0.266. The Morgan fingerprint density at radius 1 is 1.80 bits per heavy atom. The first-order valence-electron chi connectivity index (χ1n) is 0.654. The van der Waals surface area contributed by atoms with Crippen LogP contribution in [0.15, 0.2) is 0 Å². The first-order chi connectivity index (χ1) is 1.91. The van der Waals surface area contributed by atoms with Crippen LogP contribution in [0.4, 0.5) is 0 Å².